The molecule has 0 radical (unpaired) electrons. The van der Waals surface area contributed by atoms with Crippen LogP contribution in [0, 0.1) is 0 Å². The first-order chi connectivity index (χ1) is 14.1. The Kier molecular flexibility index (Phi) is 9.11. The number of carbonyl (C=O) groups excluding carboxylic acids is 1. The van der Waals surface area contributed by atoms with E-state index in [2.05, 4.69) is 5.32 Å². The number of amides is 1. The molecule has 0 bridgehead atoms. The number of nitrogens with zero attached hydrogens (tertiary/aromatic N) is 1. The highest BCUT2D eigenvalue weighted by Crippen LogP contribution is 2.38. The largest absolute Gasteiger partial charge is 0.494 e. The average molecular weight is 402 g/mol. The molecule has 1 amide bonds. The number of rotatable bonds is 12. The van der Waals surface area contributed by atoms with E-state index in [4.69, 9.17) is 18.9 Å². The van der Waals surface area contributed by atoms with Gasteiger partial charge in [-0.2, -0.15) is 0 Å². The van der Waals surface area contributed by atoms with Crippen LogP contribution in [0.3, 0.4) is 0 Å². The first-order valence-electron chi connectivity index (χ1n) is 9.49. The summed E-state index contributed by atoms with van der Waals surface area (Å²) in [6, 6.07) is 13.4. The minimum Gasteiger partial charge on any atom is -0.494 e. The van der Waals surface area contributed by atoms with Gasteiger partial charge in [0.15, 0.2) is 11.5 Å². The van der Waals surface area contributed by atoms with E-state index in [-0.39, 0.29) is 5.91 Å². The van der Waals surface area contributed by atoms with Gasteiger partial charge in [0.1, 0.15) is 5.75 Å². The van der Waals surface area contributed by atoms with E-state index in [1.807, 2.05) is 54.4 Å². The van der Waals surface area contributed by atoms with E-state index >= 15 is 0 Å². The number of methoxy groups -OCH3 is 3. The van der Waals surface area contributed by atoms with Crippen molar-refractivity contribution in [2.75, 3.05) is 48.1 Å². The fourth-order valence-corrected chi connectivity index (χ4v) is 2.86. The summed E-state index contributed by atoms with van der Waals surface area (Å²) in [6.45, 7) is 2.07. The molecule has 1 N–H and O–H groups in total. The molecule has 0 heterocycles. The summed E-state index contributed by atoms with van der Waals surface area (Å²) in [7, 11) is 6.61. The molecule has 0 saturated carbocycles. The van der Waals surface area contributed by atoms with Crippen molar-refractivity contribution in [1.29, 1.82) is 0 Å². The lowest BCUT2D eigenvalue weighted by molar-refractivity contribution is -0.122. The summed E-state index contributed by atoms with van der Waals surface area (Å²) >= 11 is 0. The lowest BCUT2D eigenvalue weighted by Crippen LogP contribution is -2.35. The minimum atomic E-state index is -0.0507. The molecule has 0 aliphatic heterocycles. The standard InChI is InChI=1S/C22H30N2O5/c1-24(11-8-12-29-18-9-6-5-7-10-18)16-21(25)23-15-17-13-19(26-2)22(28-4)20(14-17)27-3/h5-7,9-10,13-14H,8,11-12,15-16H2,1-4H3,(H,23,25). The fourth-order valence-electron chi connectivity index (χ4n) is 2.86. The third kappa shape index (κ3) is 7.19. The van der Waals surface area contributed by atoms with Crippen molar-refractivity contribution in [2.24, 2.45) is 0 Å². The van der Waals surface area contributed by atoms with Gasteiger partial charge >= 0.3 is 0 Å². The zero-order chi connectivity index (χ0) is 21.1. The van der Waals surface area contributed by atoms with Crippen molar-refractivity contribution in [1.82, 2.24) is 10.2 Å². The van der Waals surface area contributed by atoms with E-state index in [0.29, 0.717) is 36.9 Å². The molecule has 0 aliphatic rings. The second kappa shape index (κ2) is 11.8. The highest BCUT2D eigenvalue weighted by Gasteiger charge is 2.14. The van der Waals surface area contributed by atoms with Crippen LogP contribution in [0.2, 0.25) is 0 Å². The van der Waals surface area contributed by atoms with Crippen LogP contribution in [0.25, 0.3) is 0 Å². The van der Waals surface area contributed by atoms with Crippen LogP contribution in [-0.2, 0) is 11.3 Å². The molecule has 0 saturated heterocycles. The first-order valence-corrected chi connectivity index (χ1v) is 9.49. The van der Waals surface area contributed by atoms with E-state index in [9.17, 15) is 4.79 Å². The minimum absolute atomic E-state index is 0.0507. The second-order valence-electron chi connectivity index (χ2n) is 6.56. The Morgan fingerprint density at radius 1 is 1.00 bits per heavy atom. The maximum atomic E-state index is 12.2. The number of para-hydroxylation sites is 1. The average Bonchev–Trinajstić information content (AvgIpc) is 2.75. The Bertz CT molecular complexity index is 742. The van der Waals surface area contributed by atoms with Crippen LogP contribution < -0.4 is 24.3 Å². The van der Waals surface area contributed by atoms with Crippen molar-refractivity contribution in [2.45, 2.75) is 13.0 Å². The van der Waals surface area contributed by atoms with Crippen LogP contribution in [0.1, 0.15) is 12.0 Å². The summed E-state index contributed by atoms with van der Waals surface area (Å²) in [5.74, 6) is 2.46. The second-order valence-corrected chi connectivity index (χ2v) is 6.56. The van der Waals surface area contributed by atoms with E-state index in [1.54, 1.807) is 21.3 Å². The summed E-state index contributed by atoms with van der Waals surface area (Å²) in [5, 5.41) is 2.92. The quantitative estimate of drug-likeness (QED) is 0.551. The van der Waals surface area contributed by atoms with Crippen molar-refractivity contribution in [3.63, 3.8) is 0 Å². The molecule has 0 unspecified atom stereocenters. The molecule has 7 heteroatoms. The maximum absolute atomic E-state index is 12.2. The molecule has 0 aromatic heterocycles. The topological polar surface area (TPSA) is 69.3 Å². The molecule has 158 valence electrons. The molecular weight excluding hydrogens is 372 g/mol. The van der Waals surface area contributed by atoms with Gasteiger partial charge in [-0.05, 0) is 43.3 Å². The van der Waals surface area contributed by atoms with Gasteiger partial charge in [0, 0.05) is 13.1 Å². The Morgan fingerprint density at radius 3 is 2.24 bits per heavy atom. The smallest absolute Gasteiger partial charge is 0.234 e. The molecule has 7 nitrogen and oxygen atoms in total. The molecule has 0 spiro atoms. The van der Waals surface area contributed by atoms with Gasteiger partial charge in [-0.1, -0.05) is 18.2 Å². The molecule has 2 rings (SSSR count). The molecule has 0 fully saturated rings. The first kappa shape index (κ1) is 22.4. The van der Waals surface area contributed by atoms with E-state index in [0.717, 1.165) is 24.3 Å². The summed E-state index contributed by atoms with van der Waals surface area (Å²) in [5.41, 5.74) is 0.867. The SMILES string of the molecule is COc1cc(CNC(=O)CN(C)CCCOc2ccccc2)cc(OC)c1OC. The normalized spacial score (nSPS) is 10.5. The number of likely N-dealkylation sites (N-methyl/N-ethyl adjacent to an activating group) is 1. The van der Waals surface area contributed by atoms with Gasteiger partial charge < -0.3 is 24.3 Å². The van der Waals surface area contributed by atoms with E-state index < -0.39 is 0 Å². The predicted molar refractivity (Wildman–Crippen MR) is 112 cm³/mol. The van der Waals surface area contributed by atoms with Crippen LogP contribution in [0.4, 0.5) is 0 Å². The Labute approximate surface area is 172 Å². The Balaban J connectivity index is 1.74. The highest BCUT2D eigenvalue weighted by atomic mass is 16.5. The van der Waals surface area contributed by atoms with Crippen LogP contribution in [0.5, 0.6) is 23.0 Å². The summed E-state index contributed by atoms with van der Waals surface area (Å²) in [4.78, 5) is 14.2. The number of ether oxygens (including phenoxy) is 4. The summed E-state index contributed by atoms with van der Waals surface area (Å²) in [6.07, 6.45) is 0.839. The highest BCUT2D eigenvalue weighted by molar-refractivity contribution is 5.78. The van der Waals surface area contributed by atoms with Crippen LogP contribution in [0.15, 0.2) is 42.5 Å². The molecule has 2 aromatic rings. The van der Waals surface area contributed by atoms with Crippen LogP contribution in [-0.4, -0.2) is 58.9 Å². The number of nitrogens with one attached hydrogen (secondary N) is 1. The molecule has 0 aliphatic carbocycles. The molecule has 29 heavy (non-hydrogen) atoms. The predicted octanol–water partition coefficient (Wildman–Crippen LogP) is 2.73. The number of hydrogen-bond donors (Lipinski definition) is 1. The van der Waals surface area contributed by atoms with Crippen molar-refractivity contribution < 1.29 is 23.7 Å². The van der Waals surface area contributed by atoms with Gasteiger partial charge in [-0.3, -0.25) is 9.69 Å². The lowest BCUT2D eigenvalue weighted by atomic mass is 10.1. The number of hydrogen-bond acceptors (Lipinski definition) is 6. The molecule has 2 aromatic carbocycles. The number of benzene rings is 2. The third-order valence-electron chi connectivity index (χ3n) is 4.32. The Morgan fingerprint density at radius 2 is 1.66 bits per heavy atom. The maximum Gasteiger partial charge on any atom is 0.234 e. The zero-order valence-electron chi connectivity index (χ0n) is 17.6. The fraction of sp³-hybridized carbons (Fsp3) is 0.409. The van der Waals surface area contributed by atoms with E-state index in [1.165, 1.54) is 0 Å². The van der Waals surface area contributed by atoms with Crippen molar-refractivity contribution in [3.05, 3.63) is 48.0 Å². The van der Waals surface area contributed by atoms with Gasteiger partial charge in [-0.25, -0.2) is 0 Å². The van der Waals surface area contributed by atoms with Crippen LogP contribution >= 0.6 is 0 Å². The van der Waals surface area contributed by atoms with Gasteiger partial charge in [0.2, 0.25) is 11.7 Å². The Hall–Kier alpha value is -2.93. The molecule has 0 atom stereocenters. The monoisotopic (exact) mass is 402 g/mol. The van der Waals surface area contributed by atoms with Crippen molar-refractivity contribution >= 4 is 5.91 Å². The summed E-state index contributed by atoms with van der Waals surface area (Å²) < 4.78 is 21.7. The zero-order valence-corrected chi connectivity index (χ0v) is 17.6. The molecular formula is C22H30N2O5. The third-order valence-corrected chi connectivity index (χ3v) is 4.32. The van der Waals surface area contributed by atoms with Crippen molar-refractivity contribution in [3.8, 4) is 23.0 Å². The van der Waals surface area contributed by atoms with Gasteiger partial charge in [0.05, 0.1) is 34.5 Å². The van der Waals surface area contributed by atoms with Gasteiger partial charge in [-0.15, -0.1) is 0 Å². The van der Waals surface area contributed by atoms with Gasteiger partial charge in [0.25, 0.3) is 0 Å². The lowest BCUT2D eigenvalue weighted by Gasteiger charge is -2.17. The number of carbonyl (C=O) groups is 1.